The topological polar surface area (TPSA) is 42.3 Å². The van der Waals surface area contributed by atoms with Gasteiger partial charge in [-0.25, -0.2) is 0 Å². The molecule has 136 valence electrons. The van der Waals surface area contributed by atoms with Crippen LogP contribution < -0.4 is 5.32 Å². The van der Waals surface area contributed by atoms with E-state index in [1.165, 1.54) is 22.4 Å². The lowest BCUT2D eigenvalue weighted by Crippen LogP contribution is -2.44. The largest absolute Gasteiger partial charge is 0.374 e. The van der Waals surface area contributed by atoms with Gasteiger partial charge in [0.25, 0.3) is 0 Å². The number of hydrogen-bond acceptors (Lipinski definition) is 4. The molecule has 5 nitrogen and oxygen atoms in total. The number of morpholine rings is 1. The van der Waals surface area contributed by atoms with Crippen molar-refractivity contribution in [2.75, 3.05) is 33.3 Å². The molecule has 1 N–H and O–H groups in total. The predicted octanol–water partition coefficient (Wildman–Crippen LogP) is 2.28. The van der Waals surface area contributed by atoms with Gasteiger partial charge in [-0.05, 0) is 33.4 Å². The number of nitrogens with one attached hydrogen (secondary N) is 1. The quantitative estimate of drug-likeness (QED) is 0.875. The second kappa shape index (κ2) is 8.13. The molecule has 3 rings (SSSR count). The fraction of sp³-hybridized carbons (Fsp3) is 0.550. The second-order valence-electron chi connectivity index (χ2n) is 7.18. The Bertz CT molecular complexity index is 692. The van der Waals surface area contributed by atoms with Crippen molar-refractivity contribution in [2.24, 2.45) is 0 Å². The molecule has 1 fully saturated rings. The third kappa shape index (κ3) is 4.69. The van der Waals surface area contributed by atoms with Crippen molar-refractivity contribution in [3.8, 4) is 0 Å². The Morgan fingerprint density at radius 2 is 1.96 bits per heavy atom. The van der Waals surface area contributed by atoms with Gasteiger partial charge in [0.15, 0.2) is 0 Å². The second-order valence-corrected chi connectivity index (χ2v) is 7.18. The third-order valence-electron chi connectivity index (χ3n) is 5.00. The van der Waals surface area contributed by atoms with Crippen LogP contribution in [0.25, 0.3) is 0 Å². The third-order valence-corrected chi connectivity index (χ3v) is 5.00. The molecule has 2 heterocycles. The first-order chi connectivity index (χ1) is 12.0. The molecule has 0 aliphatic carbocycles. The first-order valence-corrected chi connectivity index (χ1v) is 9.12. The number of hydrogen-bond donors (Lipinski definition) is 1. The molecule has 2 aromatic rings. The summed E-state index contributed by atoms with van der Waals surface area (Å²) < 4.78 is 7.93. The summed E-state index contributed by atoms with van der Waals surface area (Å²) in [7, 11) is 2.15. The minimum absolute atomic E-state index is 0.280. The normalized spacial score (nSPS) is 18.6. The molecule has 1 aliphatic rings. The summed E-state index contributed by atoms with van der Waals surface area (Å²) in [5.74, 6) is 0. The standard InChI is InChI=1S/C20H30N4O/c1-15-5-7-18(8-6-15)13-24-17(3)20(16(2)22-24)12-21-11-19-14-23(4)9-10-25-19/h5-8,19,21H,9-14H2,1-4H3/t19-/m1/s1. The highest BCUT2D eigenvalue weighted by Gasteiger charge is 2.18. The Hall–Kier alpha value is -1.69. The summed E-state index contributed by atoms with van der Waals surface area (Å²) in [5, 5.41) is 8.30. The number of nitrogens with zero attached hydrogens (tertiary/aromatic N) is 3. The van der Waals surface area contributed by atoms with E-state index in [4.69, 9.17) is 9.84 Å². The molecule has 1 saturated heterocycles. The highest BCUT2D eigenvalue weighted by atomic mass is 16.5. The summed E-state index contributed by atoms with van der Waals surface area (Å²) in [6.07, 6.45) is 0.280. The zero-order valence-electron chi connectivity index (χ0n) is 15.9. The number of aromatic nitrogens is 2. The molecule has 1 aromatic carbocycles. The smallest absolute Gasteiger partial charge is 0.0826 e. The number of rotatable bonds is 6. The van der Waals surface area contributed by atoms with E-state index in [9.17, 15) is 0 Å². The average molecular weight is 342 g/mol. The van der Waals surface area contributed by atoms with Gasteiger partial charge in [0, 0.05) is 37.4 Å². The summed E-state index contributed by atoms with van der Waals surface area (Å²) in [5.41, 5.74) is 6.23. The van der Waals surface area contributed by atoms with E-state index in [1.54, 1.807) is 0 Å². The van der Waals surface area contributed by atoms with Crippen molar-refractivity contribution in [1.29, 1.82) is 0 Å². The van der Waals surface area contributed by atoms with Crippen LogP contribution in [0.1, 0.15) is 28.1 Å². The molecule has 25 heavy (non-hydrogen) atoms. The van der Waals surface area contributed by atoms with Gasteiger partial charge in [0.2, 0.25) is 0 Å². The van der Waals surface area contributed by atoms with E-state index in [-0.39, 0.29) is 6.10 Å². The average Bonchev–Trinajstić information content (AvgIpc) is 2.84. The minimum atomic E-state index is 0.280. The Labute approximate surface area is 151 Å². The van der Waals surface area contributed by atoms with Crippen LogP contribution in [0.3, 0.4) is 0 Å². The summed E-state index contributed by atoms with van der Waals surface area (Å²) in [4.78, 5) is 2.33. The lowest BCUT2D eigenvalue weighted by molar-refractivity contribution is -0.0182. The minimum Gasteiger partial charge on any atom is -0.374 e. The Kier molecular flexibility index (Phi) is 5.89. The van der Waals surface area contributed by atoms with Gasteiger partial charge in [0.05, 0.1) is 24.9 Å². The van der Waals surface area contributed by atoms with Crippen LogP contribution in [0.15, 0.2) is 24.3 Å². The fourth-order valence-electron chi connectivity index (χ4n) is 3.36. The lowest BCUT2D eigenvalue weighted by atomic mass is 10.1. The summed E-state index contributed by atoms with van der Waals surface area (Å²) >= 11 is 0. The highest BCUT2D eigenvalue weighted by Crippen LogP contribution is 2.15. The van der Waals surface area contributed by atoms with E-state index in [2.05, 4.69) is 67.0 Å². The van der Waals surface area contributed by atoms with Gasteiger partial charge in [-0.2, -0.15) is 5.10 Å². The Morgan fingerprint density at radius 3 is 2.68 bits per heavy atom. The SMILES string of the molecule is Cc1ccc(Cn2nc(C)c(CNC[C@@H]3CN(C)CCO3)c2C)cc1. The lowest BCUT2D eigenvalue weighted by Gasteiger charge is -2.30. The molecule has 5 heteroatoms. The van der Waals surface area contributed by atoms with E-state index < -0.39 is 0 Å². The van der Waals surface area contributed by atoms with Gasteiger partial charge >= 0.3 is 0 Å². The van der Waals surface area contributed by atoms with E-state index in [0.29, 0.717) is 0 Å². The predicted molar refractivity (Wildman–Crippen MR) is 101 cm³/mol. The number of likely N-dealkylation sites (N-methyl/N-ethyl adjacent to an activating group) is 1. The van der Waals surface area contributed by atoms with E-state index in [0.717, 1.165) is 45.0 Å². The van der Waals surface area contributed by atoms with Crippen molar-refractivity contribution in [2.45, 2.75) is 40.0 Å². The first kappa shape index (κ1) is 18.1. The van der Waals surface area contributed by atoms with Gasteiger partial charge in [0.1, 0.15) is 0 Å². The molecule has 1 aromatic heterocycles. The molecular formula is C20H30N4O. The van der Waals surface area contributed by atoms with Crippen LogP contribution in [-0.2, 0) is 17.8 Å². The van der Waals surface area contributed by atoms with Crippen LogP contribution in [0.4, 0.5) is 0 Å². The van der Waals surface area contributed by atoms with Crippen molar-refractivity contribution in [1.82, 2.24) is 20.0 Å². The van der Waals surface area contributed by atoms with Gasteiger partial charge in [-0.15, -0.1) is 0 Å². The van der Waals surface area contributed by atoms with Gasteiger partial charge in [-0.1, -0.05) is 29.8 Å². The van der Waals surface area contributed by atoms with Crippen molar-refractivity contribution >= 4 is 0 Å². The van der Waals surface area contributed by atoms with Crippen molar-refractivity contribution in [3.63, 3.8) is 0 Å². The highest BCUT2D eigenvalue weighted by molar-refractivity contribution is 5.27. The van der Waals surface area contributed by atoms with Crippen molar-refractivity contribution < 1.29 is 4.74 Å². The van der Waals surface area contributed by atoms with Crippen LogP contribution in [0, 0.1) is 20.8 Å². The molecule has 1 aliphatic heterocycles. The molecule has 0 unspecified atom stereocenters. The first-order valence-electron chi connectivity index (χ1n) is 9.12. The fourth-order valence-corrected chi connectivity index (χ4v) is 3.36. The zero-order valence-corrected chi connectivity index (χ0v) is 15.9. The molecule has 0 amide bonds. The molecule has 1 atom stereocenters. The Balaban J connectivity index is 1.58. The van der Waals surface area contributed by atoms with Crippen LogP contribution in [-0.4, -0.2) is 54.1 Å². The molecular weight excluding hydrogens is 312 g/mol. The monoisotopic (exact) mass is 342 g/mol. The number of ether oxygens (including phenoxy) is 1. The maximum absolute atomic E-state index is 5.82. The maximum atomic E-state index is 5.82. The van der Waals surface area contributed by atoms with Gasteiger partial charge in [-0.3, -0.25) is 4.68 Å². The van der Waals surface area contributed by atoms with E-state index >= 15 is 0 Å². The van der Waals surface area contributed by atoms with E-state index in [1.807, 2.05) is 0 Å². The Morgan fingerprint density at radius 1 is 1.20 bits per heavy atom. The number of benzene rings is 1. The van der Waals surface area contributed by atoms with Crippen molar-refractivity contribution in [3.05, 3.63) is 52.3 Å². The molecule has 0 bridgehead atoms. The molecule has 0 saturated carbocycles. The van der Waals surface area contributed by atoms with Crippen LogP contribution >= 0.6 is 0 Å². The summed E-state index contributed by atoms with van der Waals surface area (Å²) in [6.45, 7) is 11.8. The zero-order chi connectivity index (χ0) is 17.8. The van der Waals surface area contributed by atoms with Crippen LogP contribution in [0.2, 0.25) is 0 Å². The van der Waals surface area contributed by atoms with Crippen LogP contribution in [0.5, 0.6) is 0 Å². The summed E-state index contributed by atoms with van der Waals surface area (Å²) in [6, 6.07) is 8.68. The molecule has 0 radical (unpaired) electrons. The van der Waals surface area contributed by atoms with Gasteiger partial charge < -0.3 is 15.0 Å². The molecule has 0 spiro atoms. The number of aryl methyl sites for hydroxylation is 2. The maximum Gasteiger partial charge on any atom is 0.0826 e.